The molecule has 0 spiro atoms. The zero-order valence-corrected chi connectivity index (χ0v) is 14.9. The van der Waals surface area contributed by atoms with Crippen LogP contribution in [0.2, 0.25) is 0 Å². The number of carbonyl (C=O) groups is 2. The summed E-state index contributed by atoms with van der Waals surface area (Å²) < 4.78 is 10.2. The lowest BCUT2D eigenvalue weighted by atomic mass is 9.73. The topological polar surface area (TPSA) is 65.5 Å². The van der Waals surface area contributed by atoms with E-state index in [1.54, 1.807) is 7.11 Å². The molecule has 130 valence electrons. The maximum absolute atomic E-state index is 12.8. The molecule has 5 nitrogen and oxygen atoms in total. The van der Waals surface area contributed by atoms with Crippen LogP contribution in [0.15, 0.2) is 0 Å². The fourth-order valence-electron chi connectivity index (χ4n) is 3.68. The lowest BCUT2D eigenvalue weighted by Gasteiger charge is -2.32. The van der Waals surface area contributed by atoms with Crippen molar-refractivity contribution in [3.8, 4) is 0 Å². The lowest BCUT2D eigenvalue weighted by Crippen LogP contribution is -2.31. The van der Waals surface area contributed by atoms with Crippen LogP contribution < -0.4 is 0 Å². The van der Waals surface area contributed by atoms with Crippen LogP contribution in [0.4, 0.5) is 0 Å². The van der Waals surface area contributed by atoms with E-state index in [-0.39, 0.29) is 17.1 Å². The molecule has 2 aliphatic carbocycles. The van der Waals surface area contributed by atoms with Gasteiger partial charge in [-0.1, -0.05) is 13.8 Å². The zero-order chi connectivity index (χ0) is 17.5. The number of aromatic nitrogens is 1. The smallest absolute Gasteiger partial charge is 0.340 e. The third-order valence-electron chi connectivity index (χ3n) is 4.87. The summed E-state index contributed by atoms with van der Waals surface area (Å²) in [7, 11) is 3.01. The zero-order valence-electron chi connectivity index (χ0n) is 14.9. The normalized spacial score (nSPS) is 19.1. The van der Waals surface area contributed by atoms with Crippen molar-refractivity contribution in [1.82, 2.24) is 4.98 Å². The highest BCUT2D eigenvalue weighted by Crippen LogP contribution is 2.47. The molecule has 1 fully saturated rings. The second kappa shape index (κ2) is 6.28. The summed E-state index contributed by atoms with van der Waals surface area (Å²) in [5.74, 6) is -0.00246. The third-order valence-corrected chi connectivity index (χ3v) is 4.87. The molecule has 0 atom stereocenters. The first-order valence-electron chi connectivity index (χ1n) is 8.54. The Labute approximate surface area is 142 Å². The van der Waals surface area contributed by atoms with E-state index in [2.05, 4.69) is 13.8 Å². The van der Waals surface area contributed by atoms with Gasteiger partial charge in [0.2, 0.25) is 0 Å². The molecule has 0 aliphatic heterocycles. The molecule has 0 bridgehead atoms. The molecule has 24 heavy (non-hydrogen) atoms. The Morgan fingerprint density at radius 3 is 2.54 bits per heavy atom. The Hall–Kier alpha value is -1.75. The summed E-state index contributed by atoms with van der Waals surface area (Å²) in [5.41, 5.74) is 3.54. The minimum absolute atomic E-state index is 0.0940. The Kier molecular flexibility index (Phi) is 4.47. The summed E-state index contributed by atoms with van der Waals surface area (Å²) in [6, 6.07) is 0. The minimum atomic E-state index is -0.393. The SMILES string of the molecule is COCCc1nc2c(c(C3CC3)c1C(=O)OC)C(=O)CC(C)(C)C2. The van der Waals surface area contributed by atoms with Crippen LogP contribution in [0.5, 0.6) is 0 Å². The van der Waals surface area contributed by atoms with E-state index in [0.717, 1.165) is 30.5 Å². The number of rotatable bonds is 5. The van der Waals surface area contributed by atoms with Crippen LogP contribution in [0, 0.1) is 5.41 Å². The molecule has 1 aromatic heterocycles. The molecule has 1 aromatic rings. The number of methoxy groups -OCH3 is 2. The van der Waals surface area contributed by atoms with Gasteiger partial charge in [0.15, 0.2) is 5.78 Å². The van der Waals surface area contributed by atoms with Gasteiger partial charge >= 0.3 is 5.97 Å². The second-order valence-corrected chi connectivity index (χ2v) is 7.62. The van der Waals surface area contributed by atoms with Crippen molar-refractivity contribution in [2.75, 3.05) is 20.8 Å². The number of hydrogen-bond acceptors (Lipinski definition) is 5. The molecule has 0 radical (unpaired) electrons. The van der Waals surface area contributed by atoms with E-state index in [9.17, 15) is 9.59 Å². The van der Waals surface area contributed by atoms with Gasteiger partial charge in [-0.05, 0) is 36.2 Å². The molecular weight excluding hydrogens is 306 g/mol. The molecule has 0 aromatic carbocycles. The van der Waals surface area contributed by atoms with E-state index < -0.39 is 5.97 Å². The molecular formula is C19H25NO4. The van der Waals surface area contributed by atoms with Crippen LogP contribution in [-0.4, -0.2) is 37.6 Å². The number of fused-ring (bicyclic) bond motifs is 1. The standard InChI is InChI=1S/C19H25NO4/c1-19(2)9-13-16(14(21)10-19)15(11-5-6-11)17(18(22)24-4)12(20-13)7-8-23-3/h11H,5-10H2,1-4H3. The summed E-state index contributed by atoms with van der Waals surface area (Å²) >= 11 is 0. The average molecular weight is 331 g/mol. The van der Waals surface area contributed by atoms with Crippen LogP contribution in [0.1, 0.15) is 76.7 Å². The van der Waals surface area contributed by atoms with E-state index in [0.29, 0.717) is 36.3 Å². The number of nitrogens with zero attached hydrogens (tertiary/aromatic N) is 1. The molecule has 0 unspecified atom stereocenters. The number of ketones is 1. The van der Waals surface area contributed by atoms with E-state index in [4.69, 9.17) is 14.5 Å². The first-order valence-corrected chi connectivity index (χ1v) is 8.54. The molecule has 1 saturated carbocycles. The predicted molar refractivity (Wildman–Crippen MR) is 89.6 cm³/mol. The summed E-state index contributed by atoms with van der Waals surface area (Å²) in [6.07, 6.45) is 3.83. The van der Waals surface area contributed by atoms with Gasteiger partial charge in [-0.15, -0.1) is 0 Å². The number of carbonyl (C=O) groups excluding carboxylic acids is 2. The van der Waals surface area contributed by atoms with Gasteiger partial charge in [-0.25, -0.2) is 4.79 Å². The summed E-state index contributed by atoms with van der Waals surface area (Å²) in [4.78, 5) is 30.0. The van der Waals surface area contributed by atoms with E-state index in [1.165, 1.54) is 7.11 Å². The number of hydrogen-bond donors (Lipinski definition) is 0. The maximum atomic E-state index is 12.8. The predicted octanol–water partition coefficient (Wildman–Crippen LogP) is 3.09. The van der Waals surface area contributed by atoms with Crippen LogP contribution >= 0.6 is 0 Å². The highest BCUT2D eigenvalue weighted by atomic mass is 16.5. The largest absolute Gasteiger partial charge is 0.465 e. The first-order chi connectivity index (χ1) is 11.4. The Balaban J connectivity index is 2.22. The Bertz CT molecular complexity index is 689. The number of esters is 1. The number of pyridine rings is 1. The van der Waals surface area contributed by atoms with E-state index in [1.807, 2.05) is 0 Å². The van der Waals surface area contributed by atoms with Crippen molar-refractivity contribution in [2.24, 2.45) is 5.41 Å². The molecule has 0 N–H and O–H groups in total. The van der Waals surface area contributed by atoms with Crippen molar-refractivity contribution >= 4 is 11.8 Å². The van der Waals surface area contributed by atoms with Crippen molar-refractivity contribution in [1.29, 1.82) is 0 Å². The number of Topliss-reactive ketones (excluding diaryl/α,β-unsaturated/α-hetero) is 1. The van der Waals surface area contributed by atoms with Gasteiger partial charge in [0.1, 0.15) is 0 Å². The van der Waals surface area contributed by atoms with Crippen LogP contribution in [0.3, 0.4) is 0 Å². The van der Waals surface area contributed by atoms with Crippen molar-refractivity contribution < 1.29 is 19.1 Å². The first kappa shape index (κ1) is 17.1. The third kappa shape index (κ3) is 3.09. The van der Waals surface area contributed by atoms with Gasteiger partial charge in [-0.3, -0.25) is 9.78 Å². The van der Waals surface area contributed by atoms with Crippen LogP contribution in [0.25, 0.3) is 0 Å². The molecule has 0 saturated heterocycles. The van der Waals surface area contributed by atoms with Crippen molar-refractivity contribution in [3.05, 3.63) is 28.1 Å². The fraction of sp³-hybridized carbons (Fsp3) is 0.632. The molecule has 1 heterocycles. The van der Waals surface area contributed by atoms with Gasteiger partial charge in [-0.2, -0.15) is 0 Å². The van der Waals surface area contributed by atoms with Crippen molar-refractivity contribution in [3.63, 3.8) is 0 Å². The van der Waals surface area contributed by atoms with Gasteiger partial charge < -0.3 is 9.47 Å². The van der Waals surface area contributed by atoms with Gasteiger partial charge in [0.05, 0.1) is 30.7 Å². The molecule has 2 aliphatic rings. The summed E-state index contributed by atoms with van der Waals surface area (Å²) in [6.45, 7) is 4.67. The van der Waals surface area contributed by atoms with Crippen molar-refractivity contribution in [2.45, 2.75) is 51.9 Å². The quantitative estimate of drug-likeness (QED) is 0.776. The summed E-state index contributed by atoms with van der Waals surface area (Å²) in [5, 5.41) is 0. The molecule has 3 rings (SSSR count). The fourth-order valence-corrected chi connectivity index (χ4v) is 3.68. The Morgan fingerprint density at radius 2 is 1.96 bits per heavy atom. The van der Waals surface area contributed by atoms with Crippen LogP contribution in [-0.2, 0) is 22.3 Å². The number of ether oxygens (including phenoxy) is 2. The second-order valence-electron chi connectivity index (χ2n) is 7.62. The minimum Gasteiger partial charge on any atom is -0.465 e. The molecule has 0 amide bonds. The Morgan fingerprint density at radius 1 is 1.25 bits per heavy atom. The van der Waals surface area contributed by atoms with Gasteiger partial charge in [0, 0.05) is 25.5 Å². The lowest BCUT2D eigenvalue weighted by molar-refractivity contribution is 0.0597. The highest BCUT2D eigenvalue weighted by Gasteiger charge is 2.41. The monoisotopic (exact) mass is 331 g/mol. The maximum Gasteiger partial charge on any atom is 0.340 e. The average Bonchev–Trinajstić information content (AvgIpc) is 3.34. The molecule has 5 heteroatoms. The van der Waals surface area contributed by atoms with E-state index >= 15 is 0 Å². The highest BCUT2D eigenvalue weighted by molar-refractivity contribution is 6.04. The van der Waals surface area contributed by atoms with Gasteiger partial charge in [0.25, 0.3) is 0 Å².